The van der Waals surface area contributed by atoms with E-state index in [1.54, 1.807) is 24.5 Å². The first kappa shape index (κ1) is 18.2. The van der Waals surface area contributed by atoms with E-state index in [1.807, 2.05) is 43.1 Å². The van der Waals surface area contributed by atoms with Gasteiger partial charge in [-0.15, -0.1) is 0 Å². The molecule has 0 amide bonds. The van der Waals surface area contributed by atoms with Crippen LogP contribution in [0.2, 0.25) is 5.02 Å². The van der Waals surface area contributed by atoms with Gasteiger partial charge in [0, 0.05) is 37.6 Å². The highest BCUT2D eigenvalue weighted by molar-refractivity contribution is 6.30. The fourth-order valence-electron chi connectivity index (χ4n) is 2.32. The van der Waals surface area contributed by atoms with Crippen molar-refractivity contribution in [2.45, 2.75) is 19.6 Å². The Hall–Kier alpha value is -2.11. The third kappa shape index (κ3) is 5.51. The van der Waals surface area contributed by atoms with Gasteiger partial charge < -0.3 is 15.3 Å². The molecule has 1 heterocycles. The zero-order valence-electron chi connectivity index (χ0n) is 14.0. The molecule has 0 saturated heterocycles. The first-order chi connectivity index (χ1) is 11.6. The topological polar surface area (TPSA) is 60.8 Å². The molecule has 0 saturated carbocycles. The Morgan fingerprint density at radius 1 is 1.33 bits per heavy atom. The number of aliphatic hydroxyl groups excluding tert-OH is 1. The number of aliphatic hydroxyl groups is 1. The molecule has 0 spiro atoms. The van der Waals surface area contributed by atoms with Crippen LogP contribution in [0.25, 0.3) is 0 Å². The number of benzene rings is 1. The minimum absolute atomic E-state index is 0.284. The average Bonchev–Trinajstić information content (AvgIpc) is 2.59. The van der Waals surface area contributed by atoms with Crippen molar-refractivity contribution in [1.29, 1.82) is 0 Å². The predicted molar refractivity (Wildman–Crippen MR) is 98.1 cm³/mol. The number of nitrogens with one attached hydrogen (secondary N) is 1. The van der Waals surface area contributed by atoms with Crippen LogP contribution in [-0.2, 0) is 6.54 Å². The molecule has 0 aliphatic rings. The third-order valence-electron chi connectivity index (χ3n) is 3.51. The standard InChI is InChI=1S/C18H23ClN4O/c1-3-21-18(22-12-17(24)15-7-9-20-10-8-15)23(2)13-14-5-4-6-16(19)11-14/h4-11,17,24H,3,12-13H2,1-2H3,(H,21,22). The maximum absolute atomic E-state index is 10.2. The lowest BCUT2D eigenvalue weighted by Crippen LogP contribution is -2.38. The summed E-state index contributed by atoms with van der Waals surface area (Å²) in [4.78, 5) is 10.5. The SMILES string of the molecule is CCNC(=NCC(O)c1ccncc1)N(C)Cc1cccc(Cl)c1. The van der Waals surface area contributed by atoms with Crippen LogP contribution in [0, 0.1) is 0 Å². The Morgan fingerprint density at radius 3 is 2.75 bits per heavy atom. The van der Waals surface area contributed by atoms with Crippen molar-refractivity contribution in [2.24, 2.45) is 4.99 Å². The van der Waals surface area contributed by atoms with E-state index in [9.17, 15) is 5.11 Å². The molecule has 24 heavy (non-hydrogen) atoms. The Morgan fingerprint density at radius 2 is 2.08 bits per heavy atom. The van der Waals surface area contributed by atoms with E-state index < -0.39 is 6.10 Å². The molecule has 6 heteroatoms. The highest BCUT2D eigenvalue weighted by atomic mass is 35.5. The van der Waals surface area contributed by atoms with Crippen LogP contribution in [0.1, 0.15) is 24.2 Å². The summed E-state index contributed by atoms with van der Waals surface area (Å²) in [7, 11) is 1.96. The van der Waals surface area contributed by atoms with E-state index in [0.717, 1.165) is 28.7 Å². The predicted octanol–water partition coefficient (Wildman–Crippen LogP) is 2.87. The van der Waals surface area contributed by atoms with Gasteiger partial charge in [0.2, 0.25) is 0 Å². The number of guanidine groups is 1. The van der Waals surface area contributed by atoms with Crippen molar-refractivity contribution in [3.63, 3.8) is 0 Å². The summed E-state index contributed by atoms with van der Waals surface area (Å²) >= 11 is 6.04. The third-order valence-corrected chi connectivity index (χ3v) is 3.75. The van der Waals surface area contributed by atoms with Crippen LogP contribution in [0.4, 0.5) is 0 Å². The number of rotatable bonds is 6. The van der Waals surface area contributed by atoms with Crippen LogP contribution >= 0.6 is 11.6 Å². The summed E-state index contributed by atoms with van der Waals surface area (Å²) < 4.78 is 0. The smallest absolute Gasteiger partial charge is 0.194 e. The van der Waals surface area contributed by atoms with Crippen LogP contribution < -0.4 is 5.32 Å². The molecule has 0 aliphatic carbocycles. The number of halogens is 1. The van der Waals surface area contributed by atoms with Crippen molar-refractivity contribution >= 4 is 17.6 Å². The molecule has 0 bridgehead atoms. The molecule has 0 radical (unpaired) electrons. The lowest BCUT2D eigenvalue weighted by Gasteiger charge is -2.22. The molecular formula is C18H23ClN4O. The largest absolute Gasteiger partial charge is 0.386 e. The van der Waals surface area contributed by atoms with E-state index in [2.05, 4.69) is 15.3 Å². The maximum Gasteiger partial charge on any atom is 0.194 e. The number of aliphatic imine (C=N–C) groups is 1. The van der Waals surface area contributed by atoms with Gasteiger partial charge in [-0.1, -0.05) is 23.7 Å². The summed E-state index contributed by atoms with van der Waals surface area (Å²) in [6.45, 7) is 3.73. The van der Waals surface area contributed by atoms with E-state index in [0.29, 0.717) is 6.54 Å². The number of hydrogen-bond acceptors (Lipinski definition) is 3. The van der Waals surface area contributed by atoms with E-state index in [-0.39, 0.29) is 6.54 Å². The number of nitrogens with zero attached hydrogens (tertiary/aromatic N) is 3. The molecular weight excluding hydrogens is 324 g/mol. The Bertz CT molecular complexity index is 663. The number of hydrogen-bond donors (Lipinski definition) is 2. The van der Waals surface area contributed by atoms with Gasteiger partial charge in [0.05, 0.1) is 12.6 Å². The Kier molecular flexibility index (Phi) is 7.03. The van der Waals surface area contributed by atoms with Crippen LogP contribution in [0.3, 0.4) is 0 Å². The Balaban J connectivity index is 2.04. The highest BCUT2D eigenvalue weighted by Gasteiger charge is 2.10. The highest BCUT2D eigenvalue weighted by Crippen LogP contribution is 2.13. The molecule has 2 N–H and O–H groups in total. The minimum atomic E-state index is -0.652. The van der Waals surface area contributed by atoms with Gasteiger partial charge in [-0.2, -0.15) is 0 Å². The fourth-order valence-corrected chi connectivity index (χ4v) is 2.53. The van der Waals surface area contributed by atoms with Gasteiger partial charge in [0.15, 0.2) is 5.96 Å². The average molecular weight is 347 g/mol. The second kappa shape index (κ2) is 9.25. The molecule has 0 fully saturated rings. The van der Waals surface area contributed by atoms with Crippen LogP contribution in [0.15, 0.2) is 53.8 Å². The number of aromatic nitrogens is 1. The Labute approximate surface area is 148 Å². The molecule has 1 unspecified atom stereocenters. The van der Waals surface area contributed by atoms with Crippen molar-refractivity contribution in [3.8, 4) is 0 Å². The van der Waals surface area contributed by atoms with Crippen molar-refractivity contribution in [2.75, 3.05) is 20.1 Å². The van der Waals surface area contributed by atoms with Gasteiger partial charge >= 0.3 is 0 Å². The molecule has 2 aromatic rings. The van der Waals surface area contributed by atoms with E-state index in [4.69, 9.17) is 11.6 Å². The van der Waals surface area contributed by atoms with Gasteiger partial charge in [-0.25, -0.2) is 0 Å². The summed E-state index contributed by atoms with van der Waals surface area (Å²) in [6.07, 6.45) is 2.68. The summed E-state index contributed by atoms with van der Waals surface area (Å²) in [5, 5.41) is 14.2. The molecule has 1 aromatic heterocycles. The second-order valence-corrected chi connectivity index (χ2v) is 5.91. The first-order valence-corrected chi connectivity index (χ1v) is 8.29. The van der Waals surface area contributed by atoms with Gasteiger partial charge in [0.1, 0.15) is 0 Å². The van der Waals surface area contributed by atoms with Gasteiger partial charge in [0.25, 0.3) is 0 Å². The molecule has 0 aliphatic heterocycles. The molecule has 1 aromatic carbocycles. The molecule has 2 rings (SSSR count). The zero-order valence-corrected chi connectivity index (χ0v) is 14.7. The quantitative estimate of drug-likeness (QED) is 0.623. The van der Waals surface area contributed by atoms with Crippen LogP contribution in [0.5, 0.6) is 0 Å². The fraction of sp³-hybridized carbons (Fsp3) is 0.333. The molecule has 5 nitrogen and oxygen atoms in total. The second-order valence-electron chi connectivity index (χ2n) is 5.48. The van der Waals surface area contributed by atoms with Gasteiger partial charge in [-0.05, 0) is 42.3 Å². The number of pyridine rings is 1. The lowest BCUT2D eigenvalue weighted by atomic mass is 10.1. The summed E-state index contributed by atoms with van der Waals surface area (Å²) in [6, 6.07) is 11.3. The zero-order chi connectivity index (χ0) is 17.4. The van der Waals surface area contributed by atoms with Crippen molar-refractivity contribution < 1.29 is 5.11 Å². The van der Waals surface area contributed by atoms with Crippen LogP contribution in [-0.4, -0.2) is 41.1 Å². The monoisotopic (exact) mass is 346 g/mol. The molecule has 1 atom stereocenters. The summed E-state index contributed by atoms with van der Waals surface area (Å²) in [5.41, 5.74) is 1.91. The van der Waals surface area contributed by atoms with E-state index >= 15 is 0 Å². The molecule has 128 valence electrons. The van der Waals surface area contributed by atoms with Crippen molar-refractivity contribution in [3.05, 3.63) is 64.9 Å². The van der Waals surface area contributed by atoms with Crippen molar-refractivity contribution in [1.82, 2.24) is 15.2 Å². The minimum Gasteiger partial charge on any atom is -0.386 e. The first-order valence-electron chi connectivity index (χ1n) is 7.92. The van der Waals surface area contributed by atoms with E-state index in [1.165, 1.54) is 0 Å². The normalized spacial score (nSPS) is 12.8. The summed E-state index contributed by atoms with van der Waals surface area (Å²) in [5.74, 6) is 0.741. The lowest BCUT2D eigenvalue weighted by molar-refractivity contribution is 0.186. The van der Waals surface area contributed by atoms with Gasteiger partial charge in [-0.3, -0.25) is 9.98 Å². The maximum atomic E-state index is 10.2.